The topological polar surface area (TPSA) is 108 Å². The third-order valence-corrected chi connectivity index (χ3v) is 6.88. The average Bonchev–Trinajstić information content (AvgIpc) is 3.56. The van der Waals surface area contributed by atoms with Crippen molar-refractivity contribution >= 4 is 11.9 Å². The number of rotatable bonds is 5. The summed E-state index contributed by atoms with van der Waals surface area (Å²) in [6.45, 7) is 7.02. The Morgan fingerprint density at radius 2 is 0.947 bits per heavy atom. The first-order chi connectivity index (χ1) is 18.1. The monoisotopic (exact) mass is 526 g/mol. The Bertz CT molecular complexity index is 1090. The van der Waals surface area contributed by atoms with Gasteiger partial charge in [-0.2, -0.15) is 0 Å². The van der Waals surface area contributed by atoms with Crippen molar-refractivity contribution in [2.24, 2.45) is 0 Å². The van der Waals surface area contributed by atoms with E-state index in [0.29, 0.717) is 11.1 Å². The zero-order valence-electron chi connectivity index (χ0n) is 21.5. The highest BCUT2D eigenvalue weighted by molar-refractivity contribution is 5.90. The van der Waals surface area contributed by atoms with Gasteiger partial charge in [0.1, 0.15) is 12.2 Å². The van der Waals surface area contributed by atoms with Gasteiger partial charge in [-0.3, -0.25) is 0 Å². The molecule has 0 aromatic heterocycles. The third kappa shape index (κ3) is 4.72. The first kappa shape index (κ1) is 25.4. The second kappa shape index (κ2) is 9.41. The molecule has 8 atom stereocenters. The molecule has 4 aliphatic heterocycles. The number of esters is 2. The third-order valence-electron chi connectivity index (χ3n) is 6.88. The van der Waals surface area contributed by atoms with Gasteiger partial charge in [0, 0.05) is 0 Å². The molecule has 38 heavy (non-hydrogen) atoms. The Hall–Kier alpha value is -2.86. The minimum absolute atomic E-state index is 0.373. The van der Waals surface area contributed by atoms with E-state index in [2.05, 4.69) is 0 Å². The summed E-state index contributed by atoms with van der Waals surface area (Å²) in [5, 5.41) is 0. The van der Waals surface area contributed by atoms with E-state index in [0.717, 1.165) is 0 Å². The van der Waals surface area contributed by atoms with Crippen LogP contribution in [0.15, 0.2) is 60.7 Å². The van der Waals surface area contributed by atoms with Crippen LogP contribution in [0.1, 0.15) is 48.4 Å². The highest BCUT2D eigenvalue weighted by Crippen LogP contribution is 2.46. The van der Waals surface area contributed by atoms with Gasteiger partial charge < -0.3 is 37.9 Å². The molecule has 4 heterocycles. The summed E-state index contributed by atoms with van der Waals surface area (Å²) in [6.07, 6.45) is -6.75. The lowest BCUT2D eigenvalue weighted by Crippen LogP contribution is -2.50. The molecule has 202 valence electrons. The van der Waals surface area contributed by atoms with Crippen LogP contribution in [0.2, 0.25) is 0 Å². The molecule has 10 nitrogen and oxygen atoms in total. The first-order valence-corrected chi connectivity index (χ1v) is 12.6. The molecule has 6 rings (SSSR count). The number of ether oxygens (including phenoxy) is 8. The van der Waals surface area contributed by atoms with Crippen LogP contribution >= 0.6 is 0 Å². The zero-order chi connectivity index (χ0) is 26.7. The molecule has 2 aromatic carbocycles. The normalized spacial score (nSPS) is 36.4. The van der Waals surface area contributed by atoms with E-state index >= 15 is 0 Å². The molecule has 0 saturated carbocycles. The van der Waals surface area contributed by atoms with E-state index < -0.39 is 72.7 Å². The summed E-state index contributed by atoms with van der Waals surface area (Å²) >= 11 is 0. The summed E-state index contributed by atoms with van der Waals surface area (Å²) in [7, 11) is 0. The van der Waals surface area contributed by atoms with Crippen molar-refractivity contribution in [3.8, 4) is 0 Å². The maximum absolute atomic E-state index is 13.1. The van der Waals surface area contributed by atoms with Crippen LogP contribution in [0.5, 0.6) is 0 Å². The number of benzene rings is 2. The van der Waals surface area contributed by atoms with Crippen LogP contribution in [0.3, 0.4) is 0 Å². The molecule has 10 heteroatoms. The lowest BCUT2D eigenvalue weighted by molar-refractivity contribution is -0.256. The van der Waals surface area contributed by atoms with Crippen LogP contribution in [0, 0.1) is 0 Å². The predicted octanol–water partition coefficient (Wildman–Crippen LogP) is 3.19. The molecule has 4 saturated heterocycles. The van der Waals surface area contributed by atoms with Crippen LogP contribution in [0.4, 0.5) is 0 Å². The van der Waals surface area contributed by atoms with E-state index in [-0.39, 0.29) is 0 Å². The van der Waals surface area contributed by atoms with Gasteiger partial charge in [-0.05, 0) is 52.0 Å². The molecule has 0 amide bonds. The SMILES string of the molecule is CC1(C)O[C@H]2OC(C3O[C@@H]4OC(C)(C)O[C@@H]4[C@@H]3OC(=O)c3ccccc3)[C@@H](OC(=O)c3ccccc3)[C@H]2O1. The van der Waals surface area contributed by atoms with Gasteiger partial charge in [0.05, 0.1) is 11.1 Å². The van der Waals surface area contributed by atoms with Gasteiger partial charge in [0.2, 0.25) is 0 Å². The fourth-order valence-electron chi connectivity index (χ4n) is 5.34. The summed E-state index contributed by atoms with van der Waals surface area (Å²) in [5.74, 6) is -2.99. The van der Waals surface area contributed by atoms with E-state index in [9.17, 15) is 9.59 Å². The highest BCUT2D eigenvalue weighted by Gasteiger charge is 2.65. The Balaban J connectivity index is 1.30. The highest BCUT2D eigenvalue weighted by atomic mass is 16.9. The van der Waals surface area contributed by atoms with Gasteiger partial charge in [-0.15, -0.1) is 0 Å². The predicted molar refractivity (Wildman–Crippen MR) is 129 cm³/mol. The quantitative estimate of drug-likeness (QED) is 0.539. The van der Waals surface area contributed by atoms with Crippen LogP contribution in [0.25, 0.3) is 0 Å². The first-order valence-electron chi connectivity index (χ1n) is 12.6. The molecule has 2 unspecified atom stereocenters. The number of carbonyl (C=O) groups excluding carboxylic acids is 2. The van der Waals surface area contributed by atoms with Gasteiger partial charge in [-0.25, -0.2) is 9.59 Å². The lowest BCUT2D eigenvalue weighted by atomic mass is 9.99. The Labute approximate surface area is 220 Å². The molecule has 0 aliphatic carbocycles. The van der Waals surface area contributed by atoms with Crippen molar-refractivity contribution in [3.63, 3.8) is 0 Å². The smallest absolute Gasteiger partial charge is 0.338 e. The molecule has 0 radical (unpaired) electrons. The van der Waals surface area contributed by atoms with Crippen molar-refractivity contribution in [3.05, 3.63) is 71.8 Å². The van der Waals surface area contributed by atoms with Crippen molar-refractivity contribution in [1.29, 1.82) is 0 Å². The molecule has 0 N–H and O–H groups in total. The zero-order valence-corrected chi connectivity index (χ0v) is 21.5. The molecule has 4 aliphatic rings. The average molecular weight is 527 g/mol. The number of hydrogen-bond acceptors (Lipinski definition) is 10. The molecule has 0 spiro atoms. The maximum atomic E-state index is 13.1. The Kier molecular flexibility index (Phi) is 6.29. The summed E-state index contributed by atoms with van der Waals surface area (Å²) in [5.41, 5.74) is 0.745. The number of carbonyl (C=O) groups is 2. The van der Waals surface area contributed by atoms with Crippen molar-refractivity contribution in [2.45, 2.75) is 88.5 Å². The molecule has 0 bridgehead atoms. The fraction of sp³-hybridized carbons (Fsp3) is 0.500. The summed E-state index contributed by atoms with van der Waals surface area (Å²) in [4.78, 5) is 26.2. The minimum atomic E-state index is -0.944. The van der Waals surface area contributed by atoms with Gasteiger partial charge in [-0.1, -0.05) is 36.4 Å². The van der Waals surface area contributed by atoms with E-state index in [1.54, 1.807) is 76.2 Å². The lowest BCUT2D eigenvalue weighted by Gasteiger charge is -2.32. The Morgan fingerprint density at radius 1 is 0.579 bits per heavy atom. The van der Waals surface area contributed by atoms with Gasteiger partial charge in [0.25, 0.3) is 0 Å². The molecular formula is C28H30O10. The fourth-order valence-corrected chi connectivity index (χ4v) is 5.34. The summed E-state index contributed by atoms with van der Waals surface area (Å²) < 4.78 is 48.4. The minimum Gasteiger partial charge on any atom is -0.453 e. The van der Waals surface area contributed by atoms with Crippen molar-refractivity contribution in [2.75, 3.05) is 0 Å². The number of hydrogen-bond donors (Lipinski definition) is 0. The second-order valence-electron chi connectivity index (χ2n) is 10.6. The van der Waals surface area contributed by atoms with Gasteiger partial charge in [0.15, 0.2) is 48.6 Å². The van der Waals surface area contributed by atoms with Crippen molar-refractivity contribution < 1.29 is 47.5 Å². The van der Waals surface area contributed by atoms with Gasteiger partial charge >= 0.3 is 11.9 Å². The van der Waals surface area contributed by atoms with Crippen LogP contribution in [-0.2, 0) is 37.9 Å². The molecular weight excluding hydrogens is 496 g/mol. The van der Waals surface area contributed by atoms with E-state index in [1.165, 1.54) is 0 Å². The van der Waals surface area contributed by atoms with Crippen LogP contribution in [-0.4, -0.2) is 72.7 Å². The Morgan fingerprint density at radius 3 is 1.32 bits per heavy atom. The van der Waals surface area contributed by atoms with Crippen LogP contribution < -0.4 is 0 Å². The van der Waals surface area contributed by atoms with E-state index in [1.807, 2.05) is 12.1 Å². The standard InChI is InChI=1S/C28H30O10/c1-27(2)35-21-19(31-23(29)15-11-7-5-8-12-15)17(33-25(21)37-27)18-20(22-26(34-18)38-28(3,4)36-22)32-24(30)16-13-9-6-10-14-16/h5-14,17-22,25-26H,1-4H3/t17?,18?,19-,20-,21-,22-,25-,26-/m1/s1. The molecule has 2 aromatic rings. The molecule has 4 fully saturated rings. The largest absolute Gasteiger partial charge is 0.453 e. The maximum Gasteiger partial charge on any atom is 0.338 e. The summed E-state index contributed by atoms with van der Waals surface area (Å²) in [6, 6.07) is 17.2. The van der Waals surface area contributed by atoms with Crippen molar-refractivity contribution in [1.82, 2.24) is 0 Å². The second-order valence-corrected chi connectivity index (χ2v) is 10.6. The van der Waals surface area contributed by atoms with E-state index in [4.69, 9.17) is 37.9 Å². The number of fused-ring (bicyclic) bond motifs is 2.